The van der Waals surface area contributed by atoms with Gasteiger partial charge in [-0.3, -0.25) is 0 Å². The fraction of sp³-hybridized carbons (Fsp3) is 0.636. The molecule has 0 saturated carbocycles. The van der Waals surface area contributed by atoms with Gasteiger partial charge in [0.15, 0.2) is 0 Å². The third kappa shape index (κ3) is 7.02. The van der Waals surface area contributed by atoms with Gasteiger partial charge in [0, 0.05) is 16.5 Å². The van der Waals surface area contributed by atoms with E-state index in [1.165, 1.54) is 36.6 Å². The molecule has 0 aliphatic carbocycles. The van der Waals surface area contributed by atoms with Gasteiger partial charge in [0.25, 0.3) is 0 Å². The Morgan fingerprint density at radius 1 is 0.724 bits per heavy atom. The molecule has 7 heteroatoms. The molecule has 0 aromatic carbocycles. The molecule has 0 amide bonds. The molecule has 0 nitrogen and oxygen atoms in total. The Morgan fingerprint density at radius 3 is 1.17 bits per heavy atom. The van der Waals surface area contributed by atoms with Crippen molar-refractivity contribution in [3.63, 3.8) is 0 Å². The van der Waals surface area contributed by atoms with E-state index in [-0.39, 0.29) is 16.5 Å². The van der Waals surface area contributed by atoms with Crippen molar-refractivity contribution in [2.24, 2.45) is 0 Å². The predicted octanol–water partition coefficient (Wildman–Crippen LogP) is 6.56. The van der Waals surface area contributed by atoms with E-state index in [2.05, 4.69) is 80.9 Å². The maximum absolute atomic E-state index is 4.19. The summed E-state index contributed by atoms with van der Waals surface area (Å²) in [5, 5.41) is 3.46. The Bertz CT molecular complexity index is 626. The molecular formula is C22H42B2NiSe2Si2. The second-order valence-corrected chi connectivity index (χ2v) is 34.8. The molecule has 0 spiro atoms. The molecule has 0 aromatic rings. The van der Waals surface area contributed by atoms with Crippen molar-refractivity contribution in [2.75, 3.05) is 0 Å². The van der Waals surface area contributed by atoms with Gasteiger partial charge in [0.1, 0.15) is 0 Å². The molecule has 0 bridgehead atoms. The quantitative estimate of drug-likeness (QED) is 0.303. The first-order valence-corrected chi connectivity index (χ1v) is 23.9. The van der Waals surface area contributed by atoms with E-state index in [0.29, 0.717) is 0 Å². The second kappa shape index (κ2) is 12.3. The summed E-state index contributed by atoms with van der Waals surface area (Å²) in [5.74, 6) is 0. The second-order valence-electron chi connectivity index (χ2n) is 9.12. The van der Waals surface area contributed by atoms with Crippen LogP contribution in [0.5, 0.6) is 0 Å². The normalized spacial score (nSPS) is 19.8. The molecule has 0 unspecified atom stereocenters. The zero-order valence-corrected chi connectivity index (χ0v) is 26.9. The molecule has 29 heavy (non-hydrogen) atoms. The van der Waals surface area contributed by atoms with E-state index in [0.717, 1.165) is 39.3 Å². The minimum Gasteiger partial charge on any atom is 0 e. The van der Waals surface area contributed by atoms with Crippen LogP contribution in [0.15, 0.2) is 45.6 Å². The maximum Gasteiger partial charge on any atom is 0 e. The summed E-state index contributed by atoms with van der Waals surface area (Å²) in [6.45, 7) is 30.1. The molecule has 0 N–H and O–H groups in total. The van der Waals surface area contributed by atoms with Crippen LogP contribution in [-0.2, 0) is 16.5 Å². The van der Waals surface area contributed by atoms with Gasteiger partial charge in [-0.1, -0.05) is 0 Å². The van der Waals surface area contributed by atoms with Crippen molar-refractivity contribution in [1.82, 2.24) is 0 Å². The summed E-state index contributed by atoms with van der Waals surface area (Å²) in [6, 6.07) is 0. The van der Waals surface area contributed by atoms with Crippen LogP contribution in [0.4, 0.5) is 0 Å². The van der Waals surface area contributed by atoms with Gasteiger partial charge < -0.3 is 0 Å². The van der Waals surface area contributed by atoms with E-state index in [1.807, 2.05) is 0 Å². The molecule has 166 valence electrons. The third-order valence-electron chi connectivity index (χ3n) is 5.85. The molecule has 0 atom stereocenters. The number of hydrogen-bond acceptors (Lipinski definition) is 0. The Labute approximate surface area is 206 Å². The zero-order chi connectivity index (χ0) is 21.9. The number of rotatable bonds is 6. The standard InChI is InChI=1S/2C11H21BSeSi.Ni/c2*1-7-10-11(9(3)4)14(5,6)13-12(10)8-2;/h2*3,7-8H2,1-2,4-6H3;. The van der Waals surface area contributed by atoms with E-state index < -0.39 is 13.4 Å². The average Bonchev–Trinajstić information content (AvgIpc) is 3.03. The summed E-state index contributed by atoms with van der Waals surface area (Å²) in [7, 11) is 0. The Morgan fingerprint density at radius 2 is 1.00 bits per heavy atom. The summed E-state index contributed by atoms with van der Waals surface area (Å²) in [5.41, 5.74) is 8.10. The zero-order valence-electron chi connectivity index (χ0n) is 20.5. The monoisotopic (exact) mass is 602 g/mol. The average molecular weight is 601 g/mol. The Balaban J connectivity index is 0.000000523. The van der Waals surface area contributed by atoms with Crippen molar-refractivity contribution < 1.29 is 16.5 Å². The molecule has 0 saturated heterocycles. The number of hydrogen-bond donors (Lipinski definition) is 0. The first-order chi connectivity index (χ1) is 12.9. The van der Waals surface area contributed by atoms with Crippen LogP contribution in [0.25, 0.3) is 0 Å². The smallest absolute Gasteiger partial charge is 0 e. The summed E-state index contributed by atoms with van der Waals surface area (Å²) < 4.78 is 0. The molecule has 2 aliphatic heterocycles. The van der Waals surface area contributed by atoms with E-state index in [9.17, 15) is 0 Å². The van der Waals surface area contributed by atoms with Crippen molar-refractivity contribution in [2.45, 2.75) is 93.2 Å². The Kier molecular flexibility index (Phi) is 12.8. The fourth-order valence-corrected chi connectivity index (χ4v) is 31.5. The molecule has 2 rings (SSSR count). The van der Waals surface area contributed by atoms with Crippen LogP contribution in [0.1, 0.15) is 54.4 Å². The van der Waals surface area contributed by atoms with Crippen LogP contribution in [0.2, 0.25) is 38.8 Å². The van der Waals surface area contributed by atoms with E-state index in [4.69, 9.17) is 0 Å². The molecule has 0 fully saturated rings. The summed E-state index contributed by atoms with van der Waals surface area (Å²) in [6.07, 6.45) is 5.19. The SMILES string of the molecule is C=C(C)C1=C(CC)B(CC)[Se][Si]1(C)C.C=C(C)C1=C(CC)B(CC)[Se][Si]1(C)C.[Ni]. The van der Waals surface area contributed by atoms with Gasteiger partial charge in [-0.15, -0.1) is 0 Å². The first-order valence-electron chi connectivity index (χ1n) is 11.0. The van der Waals surface area contributed by atoms with E-state index in [1.54, 1.807) is 21.3 Å². The molecule has 2 heterocycles. The van der Waals surface area contributed by atoms with Gasteiger partial charge in [-0.25, -0.2) is 0 Å². The van der Waals surface area contributed by atoms with Crippen LogP contribution < -0.4 is 0 Å². The van der Waals surface area contributed by atoms with Crippen molar-refractivity contribution in [1.29, 1.82) is 0 Å². The van der Waals surface area contributed by atoms with E-state index >= 15 is 0 Å². The van der Waals surface area contributed by atoms with Crippen LogP contribution >= 0.6 is 0 Å². The minimum atomic E-state index is -1.06. The maximum atomic E-state index is 4.19. The van der Waals surface area contributed by atoms with Crippen LogP contribution in [-0.4, -0.2) is 52.7 Å². The Hall–Kier alpha value is 1.06. The van der Waals surface area contributed by atoms with Crippen molar-refractivity contribution in [3.8, 4) is 0 Å². The van der Waals surface area contributed by atoms with Crippen molar-refractivity contribution >= 4 is 52.7 Å². The number of allylic oxidation sites excluding steroid dienone is 6. The molecular weight excluding hydrogens is 559 g/mol. The predicted molar refractivity (Wildman–Crippen MR) is 143 cm³/mol. The molecule has 0 radical (unpaired) electrons. The largest absolute Gasteiger partial charge is 0 e. The fourth-order valence-electron chi connectivity index (χ4n) is 5.11. The summed E-state index contributed by atoms with van der Waals surface area (Å²) >= 11 is 1.72. The van der Waals surface area contributed by atoms with Gasteiger partial charge in [-0.05, 0) is 0 Å². The van der Waals surface area contributed by atoms with Crippen LogP contribution in [0, 0.1) is 0 Å². The first kappa shape index (κ1) is 30.1. The third-order valence-corrected chi connectivity index (χ3v) is 27.7. The topological polar surface area (TPSA) is 0 Å². The van der Waals surface area contributed by atoms with Crippen LogP contribution in [0.3, 0.4) is 0 Å². The minimum absolute atomic E-state index is 0. The van der Waals surface area contributed by atoms with Crippen molar-refractivity contribution in [3.05, 3.63) is 45.6 Å². The summed E-state index contributed by atoms with van der Waals surface area (Å²) in [4.78, 5) is 0. The van der Waals surface area contributed by atoms with Gasteiger partial charge >= 0.3 is 192 Å². The molecule has 2 aliphatic rings. The van der Waals surface area contributed by atoms with Gasteiger partial charge in [0.2, 0.25) is 0 Å². The van der Waals surface area contributed by atoms with Gasteiger partial charge in [0.05, 0.1) is 0 Å². The molecule has 0 aromatic heterocycles. The van der Waals surface area contributed by atoms with Gasteiger partial charge in [-0.2, -0.15) is 0 Å².